The van der Waals surface area contributed by atoms with Crippen molar-refractivity contribution < 1.29 is 36.7 Å². The summed E-state index contributed by atoms with van der Waals surface area (Å²) in [5.74, 6) is -2.75. The largest absolute Gasteiger partial charge is 0.454 e. The Kier molecular flexibility index (Phi) is 6.91. The molecule has 0 bridgehead atoms. The predicted octanol–water partition coefficient (Wildman–Crippen LogP) is 2.03. The van der Waals surface area contributed by atoms with Crippen LogP contribution in [0.4, 0.5) is 4.39 Å². The van der Waals surface area contributed by atoms with Gasteiger partial charge in [-0.25, -0.2) is 17.6 Å². The van der Waals surface area contributed by atoms with Gasteiger partial charge in [-0.15, -0.1) is 0 Å². The van der Waals surface area contributed by atoms with Crippen LogP contribution in [-0.2, 0) is 19.5 Å². The molecular weight excluding hydrogens is 443 g/mol. The van der Waals surface area contributed by atoms with Gasteiger partial charge in [-0.3, -0.25) is 9.59 Å². The number of ketones is 2. The molecule has 0 unspecified atom stereocenters. The lowest BCUT2D eigenvalue weighted by Crippen LogP contribution is -2.41. The molecule has 0 amide bonds. The van der Waals surface area contributed by atoms with Crippen molar-refractivity contribution in [2.45, 2.75) is 25.7 Å². The molecule has 2 heterocycles. The molecule has 1 aromatic carbocycles. The van der Waals surface area contributed by atoms with E-state index in [0.717, 1.165) is 22.5 Å². The van der Waals surface area contributed by atoms with Gasteiger partial charge in [0.2, 0.25) is 15.8 Å². The van der Waals surface area contributed by atoms with Gasteiger partial charge in [0.05, 0.1) is 24.5 Å². The van der Waals surface area contributed by atoms with Crippen molar-refractivity contribution in [3.05, 3.63) is 52.1 Å². The van der Waals surface area contributed by atoms with E-state index in [4.69, 9.17) is 9.47 Å². The maximum Gasteiger partial charge on any atom is 0.338 e. The number of carbonyl (C=O) groups is 3. The zero-order chi connectivity index (χ0) is 23.6. The van der Waals surface area contributed by atoms with Gasteiger partial charge in [0.25, 0.3) is 0 Å². The number of H-pyrrole nitrogens is 1. The molecule has 0 saturated carbocycles. The minimum absolute atomic E-state index is 0.0715. The van der Waals surface area contributed by atoms with E-state index in [2.05, 4.69) is 4.98 Å². The van der Waals surface area contributed by atoms with E-state index in [1.54, 1.807) is 13.8 Å². The highest BCUT2D eigenvalue weighted by molar-refractivity contribution is 7.89. The smallest absolute Gasteiger partial charge is 0.338 e. The fourth-order valence-corrected chi connectivity index (χ4v) is 5.10. The molecule has 0 radical (unpaired) electrons. The number of aromatic amines is 1. The number of sulfonamides is 1. The number of halogens is 1. The molecular formula is C21H23FN2O7S. The number of benzene rings is 1. The fourth-order valence-electron chi connectivity index (χ4n) is 3.60. The van der Waals surface area contributed by atoms with E-state index in [1.807, 2.05) is 0 Å². The highest BCUT2D eigenvalue weighted by Gasteiger charge is 2.30. The number of morpholine rings is 1. The molecule has 1 saturated heterocycles. The van der Waals surface area contributed by atoms with E-state index >= 15 is 0 Å². The summed E-state index contributed by atoms with van der Waals surface area (Å²) < 4.78 is 51.0. The highest BCUT2D eigenvalue weighted by Crippen LogP contribution is 2.23. The van der Waals surface area contributed by atoms with E-state index in [1.165, 1.54) is 6.92 Å². The molecule has 172 valence electrons. The molecule has 1 aliphatic heterocycles. The maximum atomic E-state index is 14.3. The number of ether oxygens (including phenoxy) is 2. The van der Waals surface area contributed by atoms with Crippen molar-refractivity contribution in [1.82, 2.24) is 9.29 Å². The van der Waals surface area contributed by atoms with Crippen LogP contribution in [-0.4, -0.2) is 68.2 Å². The number of nitrogens with one attached hydrogen (secondary N) is 1. The van der Waals surface area contributed by atoms with Gasteiger partial charge in [-0.05, 0) is 44.5 Å². The van der Waals surface area contributed by atoms with Gasteiger partial charge in [-0.1, -0.05) is 0 Å². The zero-order valence-corrected chi connectivity index (χ0v) is 18.7. The Morgan fingerprint density at radius 1 is 1.19 bits per heavy atom. The molecule has 0 aliphatic carbocycles. The van der Waals surface area contributed by atoms with Crippen molar-refractivity contribution in [1.29, 1.82) is 0 Å². The minimum Gasteiger partial charge on any atom is -0.454 e. The summed E-state index contributed by atoms with van der Waals surface area (Å²) >= 11 is 0. The molecule has 2 aromatic rings. The standard InChI is InChI=1S/C21H23FN2O7S/c1-12-19(14(3)25)13(2)23-20(12)17(26)11-31-21(27)15-4-5-16(22)18(10-15)32(28,29)24-6-8-30-9-7-24/h4-5,10,23H,6-9,11H2,1-3H3. The van der Waals surface area contributed by atoms with E-state index in [9.17, 15) is 27.2 Å². The van der Waals surface area contributed by atoms with Gasteiger partial charge in [-0.2, -0.15) is 4.31 Å². The van der Waals surface area contributed by atoms with Crippen LogP contribution in [0.1, 0.15) is 49.4 Å². The summed E-state index contributed by atoms with van der Waals surface area (Å²) in [7, 11) is -4.17. The first-order valence-electron chi connectivity index (χ1n) is 9.82. The van der Waals surface area contributed by atoms with Gasteiger partial charge in [0, 0.05) is 24.3 Å². The Morgan fingerprint density at radius 3 is 2.44 bits per heavy atom. The monoisotopic (exact) mass is 466 g/mol. The SMILES string of the molecule is CC(=O)c1c(C)[nH]c(C(=O)COC(=O)c2ccc(F)c(S(=O)(=O)N3CCOCC3)c2)c1C. The van der Waals surface area contributed by atoms with Gasteiger partial charge < -0.3 is 14.5 Å². The first-order chi connectivity index (χ1) is 15.0. The number of rotatable bonds is 7. The fraction of sp³-hybridized carbons (Fsp3) is 0.381. The summed E-state index contributed by atoms with van der Waals surface area (Å²) in [5.41, 5.74) is 1.32. The lowest BCUT2D eigenvalue weighted by Gasteiger charge is -2.26. The second-order valence-corrected chi connectivity index (χ2v) is 9.25. The zero-order valence-electron chi connectivity index (χ0n) is 17.9. The molecule has 0 atom stereocenters. The summed E-state index contributed by atoms with van der Waals surface area (Å²) in [6, 6.07) is 2.84. The third-order valence-electron chi connectivity index (χ3n) is 5.16. The molecule has 32 heavy (non-hydrogen) atoms. The lowest BCUT2D eigenvalue weighted by atomic mass is 10.1. The third-order valence-corrected chi connectivity index (χ3v) is 7.07. The van der Waals surface area contributed by atoms with E-state index in [0.29, 0.717) is 16.8 Å². The van der Waals surface area contributed by atoms with Crippen molar-refractivity contribution in [3.8, 4) is 0 Å². The number of Topliss-reactive ketones (excluding diaryl/α,β-unsaturated/α-hetero) is 2. The Balaban J connectivity index is 1.76. The minimum atomic E-state index is -4.17. The second kappa shape index (κ2) is 9.31. The van der Waals surface area contributed by atoms with Gasteiger partial charge >= 0.3 is 5.97 Å². The van der Waals surface area contributed by atoms with Gasteiger partial charge in [0.15, 0.2) is 12.4 Å². The summed E-state index contributed by atoms with van der Waals surface area (Å²) in [4.78, 5) is 38.8. The molecule has 0 spiro atoms. The average Bonchev–Trinajstić information content (AvgIpc) is 3.06. The quantitative estimate of drug-likeness (QED) is 0.489. The summed E-state index contributed by atoms with van der Waals surface area (Å²) in [6.45, 7) is 4.53. The molecule has 3 rings (SSSR count). The first-order valence-corrected chi connectivity index (χ1v) is 11.3. The van der Waals surface area contributed by atoms with Crippen LogP contribution in [0, 0.1) is 19.7 Å². The van der Waals surface area contributed by atoms with E-state index < -0.39 is 39.1 Å². The van der Waals surface area contributed by atoms with Crippen molar-refractivity contribution >= 4 is 27.6 Å². The Morgan fingerprint density at radius 2 is 1.84 bits per heavy atom. The van der Waals surface area contributed by atoms with Crippen LogP contribution in [0.25, 0.3) is 0 Å². The third kappa shape index (κ3) is 4.64. The second-order valence-electron chi connectivity index (χ2n) is 7.34. The Hall–Kier alpha value is -2.89. The Labute approximate surface area is 184 Å². The van der Waals surface area contributed by atoms with Crippen molar-refractivity contribution in [3.63, 3.8) is 0 Å². The van der Waals surface area contributed by atoms with Crippen LogP contribution in [0.3, 0.4) is 0 Å². The predicted molar refractivity (Wildman–Crippen MR) is 111 cm³/mol. The van der Waals surface area contributed by atoms with Crippen LogP contribution in [0.2, 0.25) is 0 Å². The lowest BCUT2D eigenvalue weighted by molar-refractivity contribution is 0.0473. The maximum absolute atomic E-state index is 14.3. The van der Waals surface area contributed by atoms with Crippen molar-refractivity contribution in [2.75, 3.05) is 32.9 Å². The van der Waals surface area contributed by atoms with Crippen LogP contribution >= 0.6 is 0 Å². The molecule has 11 heteroatoms. The number of aromatic nitrogens is 1. The topological polar surface area (TPSA) is 123 Å². The highest BCUT2D eigenvalue weighted by atomic mass is 32.2. The summed E-state index contributed by atoms with van der Waals surface area (Å²) in [5, 5.41) is 0. The number of nitrogens with zero attached hydrogens (tertiary/aromatic N) is 1. The van der Waals surface area contributed by atoms with Gasteiger partial charge in [0.1, 0.15) is 10.7 Å². The average molecular weight is 466 g/mol. The number of hydrogen-bond donors (Lipinski definition) is 1. The molecule has 1 fully saturated rings. The first kappa shape index (κ1) is 23.8. The molecule has 1 aromatic heterocycles. The Bertz CT molecular complexity index is 1180. The molecule has 1 aliphatic rings. The number of esters is 1. The number of hydrogen-bond acceptors (Lipinski definition) is 7. The van der Waals surface area contributed by atoms with Crippen LogP contribution < -0.4 is 0 Å². The normalized spacial score (nSPS) is 14.9. The molecule has 9 nitrogen and oxygen atoms in total. The van der Waals surface area contributed by atoms with E-state index in [-0.39, 0.29) is 43.3 Å². The van der Waals surface area contributed by atoms with Crippen LogP contribution in [0.5, 0.6) is 0 Å². The molecule has 1 N–H and O–H groups in total. The number of aryl methyl sites for hydroxylation is 1. The number of carbonyl (C=O) groups excluding carboxylic acids is 3. The van der Waals surface area contributed by atoms with Crippen LogP contribution in [0.15, 0.2) is 23.1 Å². The summed E-state index contributed by atoms with van der Waals surface area (Å²) in [6.07, 6.45) is 0. The van der Waals surface area contributed by atoms with Crippen molar-refractivity contribution in [2.24, 2.45) is 0 Å².